The summed E-state index contributed by atoms with van der Waals surface area (Å²) in [7, 11) is 0. The molecule has 22 heavy (non-hydrogen) atoms. The van der Waals surface area contributed by atoms with Gasteiger partial charge in [-0.2, -0.15) is 4.57 Å². The van der Waals surface area contributed by atoms with Crippen LogP contribution in [0, 0.1) is 0 Å². The van der Waals surface area contributed by atoms with Gasteiger partial charge < -0.3 is 21.9 Å². The number of hydrogen-bond acceptors (Lipinski definition) is 1. The number of allylic oxidation sites excluding steroid dienone is 1. The van der Waals surface area contributed by atoms with E-state index in [2.05, 4.69) is 65.1 Å². The molecule has 0 amide bonds. The van der Waals surface area contributed by atoms with Crippen LogP contribution in [0.1, 0.15) is 30.2 Å². The molecule has 1 aromatic heterocycles. The molecule has 2 nitrogen and oxygen atoms in total. The van der Waals surface area contributed by atoms with Crippen LogP contribution in [0.3, 0.4) is 0 Å². The average molecular weight is 357 g/mol. The van der Waals surface area contributed by atoms with Crippen molar-refractivity contribution in [2.45, 2.75) is 26.3 Å². The summed E-state index contributed by atoms with van der Waals surface area (Å²) in [6, 6.07) is 13.4. The van der Waals surface area contributed by atoms with Gasteiger partial charge in [-0.1, -0.05) is 6.07 Å². The Bertz CT molecular complexity index is 721. The molecule has 0 unspecified atom stereocenters. The van der Waals surface area contributed by atoms with Crippen molar-refractivity contribution in [2.75, 3.05) is 18.0 Å². The number of benzene rings is 1. The zero-order chi connectivity index (χ0) is 14.2. The fraction of sp³-hybridized carbons (Fsp3) is 0.316. The van der Waals surface area contributed by atoms with Crippen molar-refractivity contribution < 1.29 is 21.5 Å². The Morgan fingerprint density at radius 1 is 1.18 bits per heavy atom. The number of nitrogens with zero attached hydrogens (tertiary/aromatic N) is 2. The number of hydrogen-bond donors (Lipinski definition) is 0. The second-order valence-electron chi connectivity index (χ2n) is 5.92. The van der Waals surface area contributed by atoms with Crippen molar-refractivity contribution in [3.05, 3.63) is 59.4 Å². The summed E-state index contributed by atoms with van der Waals surface area (Å²) >= 11 is 0. The smallest absolute Gasteiger partial charge is 0.208 e. The van der Waals surface area contributed by atoms with Crippen LogP contribution in [0.25, 0.3) is 11.6 Å². The first kappa shape index (κ1) is 15.3. The summed E-state index contributed by atoms with van der Waals surface area (Å²) in [5.41, 5.74) is 7.11. The molecule has 0 spiro atoms. The Morgan fingerprint density at radius 2 is 2.09 bits per heavy atom. The van der Waals surface area contributed by atoms with E-state index in [1.165, 1.54) is 41.0 Å². The first-order valence-corrected chi connectivity index (χ1v) is 7.92. The standard InChI is InChI=1S/C19H21N2.BrH/c1-2-20-11-8-17-14-15(6-7-19(17)20)13-16-9-12-21-10-4-3-5-18(16)21;/h3-7,10,13-14H,2,8-9,11-12H2,1H3;1H/q+1;/p-1. The predicted molar refractivity (Wildman–Crippen MR) is 87.2 cm³/mol. The molecule has 0 bridgehead atoms. The molecule has 0 saturated carbocycles. The zero-order valence-electron chi connectivity index (χ0n) is 12.9. The predicted octanol–water partition coefficient (Wildman–Crippen LogP) is 0.305. The lowest BCUT2D eigenvalue weighted by atomic mass is 10.0. The normalized spacial score (nSPS) is 17.3. The van der Waals surface area contributed by atoms with Gasteiger partial charge in [0.15, 0.2) is 12.7 Å². The largest absolute Gasteiger partial charge is 1.00 e. The summed E-state index contributed by atoms with van der Waals surface area (Å²) in [5, 5.41) is 0. The minimum atomic E-state index is 0. The van der Waals surface area contributed by atoms with Gasteiger partial charge in [0.05, 0.1) is 0 Å². The van der Waals surface area contributed by atoms with Crippen LogP contribution in [-0.4, -0.2) is 13.1 Å². The molecule has 2 aromatic rings. The van der Waals surface area contributed by atoms with Gasteiger partial charge in [-0.05, 0) is 48.7 Å². The van der Waals surface area contributed by atoms with Crippen LogP contribution in [0.2, 0.25) is 0 Å². The van der Waals surface area contributed by atoms with E-state index >= 15 is 0 Å². The molecule has 0 aliphatic carbocycles. The summed E-state index contributed by atoms with van der Waals surface area (Å²) < 4.78 is 2.35. The maximum atomic E-state index is 2.47. The lowest BCUT2D eigenvalue weighted by molar-refractivity contribution is -0.689. The molecule has 2 aliphatic heterocycles. The fourth-order valence-electron chi connectivity index (χ4n) is 3.59. The monoisotopic (exact) mass is 356 g/mol. The van der Waals surface area contributed by atoms with Crippen LogP contribution in [-0.2, 0) is 13.0 Å². The van der Waals surface area contributed by atoms with Crippen molar-refractivity contribution in [1.82, 2.24) is 0 Å². The quantitative estimate of drug-likeness (QED) is 0.702. The molecular weight excluding hydrogens is 336 g/mol. The highest BCUT2D eigenvalue weighted by Gasteiger charge is 2.23. The number of fused-ring (bicyclic) bond motifs is 2. The Kier molecular flexibility index (Phi) is 4.34. The van der Waals surface area contributed by atoms with Crippen molar-refractivity contribution in [3.8, 4) is 0 Å². The minimum Gasteiger partial charge on any atom is -1.00 e. The Hall–Kier alpha value is -1.61. The summed E-state index contributed by atoms with van der Waals surface area (Å²) in [6.45, 7) is 5.62. The van der Waals surface area contributed by atoms with E-state index < -0.39 is 0 Å². The van der Waals surface area contributed by atoms with Crippen LogP contribution in [0.15, 0.2) is 42.6 Å². The lowest BCUT2D eigenvalue weighted by Crippen LogP contribution is -3.00. The van der Waals surface area contributed by atoms with E-state index in [1.54, 1.807) is 0 Å². The molecule has 114 valence electrons. The third kappa shape index (κ3) is 2.58. The van der Waals surface area contributed by atoms with Gasteiger partial charge >= 0.3 is 0 Å². The van der Waals surface area contributed by atoms with Crippen LogP contribution >= 0.6 is 0 Å². The molecule has 2 aliphatic rings. The second kappa shape index (κ2) is 6.25. The third-order valence-electron chi connectivity index (χ3n) is 4.71. The maximum absolute atomic E-state index is 2.47. The van der Waals surface area contributed by atoms with E-state index in [9.17, 15) is 0 Å². The number of likely N-dealkylation sites (N-methyl/N-ethyl adjacent to an activating group) is 1. The molecule has 0 radical (unpaired) electrons. The highest BCUT2D eigenvalue weighted by Crippen LogP contribution is 2.30. The molecule has 0 saturated heterocycles. The lowest BCUT2D eigenvalue weighted by Gasteiger charge is -2.16. The van der Waals surface area contributed by atoms with E-state index in [0.717, 1.165) is 19.5 Å². The highest BCUT2D eigenvalue weighted by molar-refractivity contribution is 5.80. The van der Waals surface area contributed by atoms with E-state index in [0.29, 0.717) is 0 Å². The average Bonchev–Trinajstić information content (AvgIpc) is 3.11. The van der Waals surface area contributed by atoms with Crippen molar-refractivity contribution in [2.24, 2.45) is 0 Å². The summed E-state index contributed by atoms with van der Waals surface area (Å²) in [6.07, 6.45) is 6.87. The molecule has 3 heteroatoms. The number of aromatic nitrogens is 1. The molecule has 0 atom stereocenters. The zero-order valence-corrected chi connectivity index (χ0v) is 14.5. The topological polar surface area (TPSA) is 7.12 Å². The Labute approximate surface area is 142 Å². The SMILES string of the molecule is CCN1CCc2cc(/C=C3\CC[n+]4ccccc43)ccc21.[Br-]. The highest BCUT2D eigenvalue weighted by atomic mass is 79.9. The molecule has 0 N–H and O–H groups in total. The van der Waals surface area contributed by atoms with Gasteiger partial charge in [0.1, 0.15) is 0 Å². The van der Waals surface area contributed by atoms with E-state index in [-0.39, 0.29) is 17.0 Å². The first-order chi connectivity index (χ1) is 10.3. The van der Waals surface area contributed by atoms with Crippen molar-refractivity contribution in [3.63, 3.8) is 0 Å². The minimum absolute atomic E-state index is 0. The molecule has 0 fully saturated rings. The van der Waals surface area contributed by atoms with Crippen LogP contribution < -0.4 is 26.4 Å². The summed E-state index contributed by atoms with van der Waals surface area (Å²) in [4.78, 5) is 2.47. The number of halogens is 1. The number of aryl methyl sites for hydroxylation is 1. The summed E-state index contributed by atoms with van der Waals surface area (Å²) in [5.74, 6) is 0. The fourth-order valence-corrected chi connectivity index (χ4v) is 3.59. The van der Waals surface area contributed by atoms with Gasteiger partial charge in [0.25, 0.3) is 0 Å². The van der Waals surface area contributed by atoms with Crippen LogP contribution in [0.4, 0.5) is 5.69 Å². The van der Waals surface area contributed by atoms with Gasteiger partial charge in [0, 0.05) is 42.9 Å². The van der Waals surface area contributed by atoms with Crippen molar-refractivity contribution in [1.29, 1.82) is 0 Å². The third-order valence-corrected chi connectivity index (χ3v) is 4.71. The molecule has 3 heterocycles. The Balaban J connectivity index is 0.00000144. The van der Waals surface area contributed by atoms with Crippen LogP contribution in [0.5, 0.6) is 0 Å². The van der Waals surface area contributed by atoms with Gasteiger partial charge in [-0.3, -0.25) is 0 Å². The molecule has 1 aromatic carbocycles. The molecule has 4 rings (SSSR count). The first-order valence-electron chi connectivity index (χ1n) is 7.92. The van der Waals surface area contributed by atoms with Gasteiger partial charge in [-0.25, -0.2) is 0 Å². The number of rotatable bonds is 2. The second-order valence-corrected chi connectivity index (χ2v) is 5.92. The van der Waals surface area contributed by atoms with Crippen molar-refractivity contribution >= 4 is 17.3 Å². The Morgan fingerprint density at radius 3 is 2.95 bits per heavy atom. The van der Waals surface area contributed by atoms with Gasteiger partial charge in [-0.15, -0.1) is 0 Å². The van der Waals surface area contributed by atoms with Gasteiger partial charge in [0.2, 0.25) is 5.69 Å². The van der Waals surface area contributed by atoms with E-state index in [1.807, 2.05) is 0 Å². The van der Waals surface area contributed by atoms with E-state index in [4.69, 9.17) is 0 Å². The molecular formula is C19H21BrN2. The number of pyridine rings is 1. The maximum Gasteiger partial charge on any atom is 0.208 e. The number of anilines is 1.